The van der Waals surface area contributed by atoms with Crippen LogP contribution in [0.4, 0.5) is 0 Å². The van der Waals surface area contributed by atoms with Crippen LogP contribution in [0.15, 0.2) is 24.3 Å². The Balaban J connectivity index is 0.00000420. The smallest absolute Gasteiger partial charge is 1.00 e. The third-order valence-electron chi connectivity index (χ3n) is 4.80. The number of aryl methyl sites for hydroxylation is 6. The minimum absolute atomic E-state index is 0. The molecule has 2 aromatic rings. The molecule has 0 aromatic heterocycles. The van der Waals surface area contributed by atoms with E-state index in [1.54, 1.807) is 52.0 Å². The van der Waals surface area contributed by atoms with Crippen molar-refractivity contribution < 1.29 is 55.0 Å². The Morgan fingerprint density at radius 3 is 1.28 bits per heavy atom. The second-order valence-electron chi connectivity index (χ2n) is 7.45. The SMILES string of the molecule is Cc1cc(C)c(C(=O)P(=O)(CC(=O)O)C(=O)c2c(C)cc(C)cc2C)c(C)c1.[H-].[Na+]. The first-order chi connectivity index (χ1) is 12.9. The van der Waals surface area contributed by atoms with Gasteiger partial charge in [-0.3, -0.25) is 14.4 Å². The molecule has 5 nitrogen and oxygen atoms in total. The zero-order valence-corrected chi connectivity index (χ0v) is 20.9. The number of hydrogen-bond acceptors (Lipinski definition) is 4. The largest absolute Gasteiger partial charge is 1.00 e. The van der Waals surface area contributed by atoms with Gasteiger partial charge in [0, 0.05) is 11.1 Å². The Morgan fingerprint density at radius 2 is 1.03 bits per heavy atom. The summed E-state index contributed by atoms with van der Waals surface area (Å²) in [5.41, 5.74) is 2.76. The van der Waals surface area contributed by atoms with Gasteiger partial charge in [0.15, 0.2) is 0 Å². The molecular weight excluding hydrogens is 398 g/mol. The van der Waals surface area contributed by atoms with Gasteiger partial charge in [-0.25, -0.2) is 0 Å². The van der Waals surface area contributed by atoms with Crippen LogP contribution >= 0.6 is 7.14 Å². The Morgan fingerprint density at radius 1 is 0.759 bits per heavy atom. The van der Waals surface area contributed by atoms with Crippen molar-refractivity contribution >= 4 is 24.2 Å². The van der Waals surface area contributed by atoms with Gasteiger partial charge in [-0.1, -0.05) is 35.4 Å². The van der Waals surface area contributed by atoms with E-state index in [0.717, 1.165) is 11.1 Å². The third-order valence-corrected chi connectivity index (χ3v) is 7.27. The van der Waals surface area contributed by atoms with E-state index in [2.05, 4.69) is 0 Å². The van der Waals surface area contributed by atoms with Crippen LogP contribution in [0, 0.1) is 41.5 Å². The average molecular weight is 424 g/mol. The maximum atomic E-state index is 13.7. The number of benzene rings is 2. The summed E-state index contributed by atoms with van der Waals surface area (Å²) in [6, 6.07) is 7.05. The molecule has 0 amide bonds. The number of carboxylic acid groups (broad SMARTS) is 1. The molecule has 0 heterocycles. The summed E-state index contributed by atoms with van der Waals surface area (Å²) >= 11 is 0. The minimum atomic E-state index is -4.42. The molecule has 0 aliphatic rings. The molecule has 0 fully saturated rings. The molecule has 0 spiro atoms. The summed E-state index contributed by atoms with van der Waals surface area (Å²) in [4.78, 5) is 38.1. The van der Waals surface area contributed by atoms with Crippen LogP contribution in [0.1, 0.15) is 55.5 Å². The molecule has 0 saturated heterocycles. The van der Waals surface area contributed by atoms with Gasteiger partial charge in [-0.2, -0.15) is 0 Å². The van der Waals surface area contributed by atoms with Crippen molar-refractivity contribution in [2.75, 3.05) is 6.16 Å². The first-order valence-corrected chi connectivity index (χ1v) is 10.8. The molecule has 7 heteroatoms. The molecule has 150 valence electrons. The van der Waals surface area contributed by atoms with Crippen molar-refractivity contribution in [3.63, 3.8) is 0 Å². The second-order valence-corrected chi connectivity index (χ2v) is 10.1. The Bertz CT molecular complexity index is 942. The zero-order chi connectivity index (χ0) is 21.4. The number of hydrogen-bond donors (Lipinski definition) is 1. The van der Waals surface area contributed by atoms with Crippen molar-refractivity contribution in [3.8, 4) is 0 Å². The van der Waals surface area contributed by atoms with Crippen molar-refractivity contribution in [1.82, 2.24) is 0 Å². The fourth-order valence-corrected chi connectivity index (χ4v) is 6.10. The van der Waals surface area contributed by atoms with Crippen LogP contribution in [0.25, 0.3) is 0 Å². The van der Waals surface area contributed by atoms with Crippen LogP contribution in [0.2, 0.25) is 0 Å². The van der Waals surface area contributed by atoms with E-state index in [4.69, 9.17) is 0 Å². The first kappa shape index (κ1) is 25.5. The normalized spacial score (nSPS) is 11.0. The van der Waals surface area contributed by atoms with E-state index in [-0.39, 0.29) is 42.1 Å². The molecule has 0 unspecified atom stereocenters. The predicted molar refractivity (Wildman–Crippen MR) is 111 cm³/mol. The second kappa shape index (κ2) is 9.53. The van der Waals surface area contributed by atoms with E-state index < -0.39 is 30.3 Å². The summed E-state index contributed by atoms with van der Waals surface area (Å²) in [6.07, 6.45) is -0.996. The molecule has 0 saturated carbocycles. The fraction of sp³-hybridized carbons (Fsp3) is 0.318. The molecule has 0 atom stereocenters. The van der Waals surface area contributed by atoms with Crippen molar-refractivity contribution in [2.45, 2.75) is 41.5 Å². The van der Waals surface area contributed by atoms with E-state index in [1.807, 2.05) is 13.8 Å². The molecule has 2 aromatic carbocycles. The summed E-state index contributed by atoms with van der Waals surface area (Å²) in [7, 11) is -4.42. The average Bonchev–Trinajstić information content (AvgIpc) is 2.51. The Labute approximate surface area is 195 Å². The molecular formula is C22H26NaO5P. The van der Waals surface area contributed by atoms with Gasteiger partial charge >= 0.3 is 35.5 Å². The van der Waals surface area contributed by atoms with Gasteiger partial charge < -0.3 is 11.1 Å². The maximum Gasteiger partial charge on any atom is 1.00 e. The van der Waals surface area contributed by atoms with Crippen LogP contribution in [-0.2, 0) is 9.36 Å². The number of carbonyl (C=O) groups excluding carboxylic acids is 2. The maximum absolute atomic E-state index is 13.7. The van der Waals surface area contributed by atoms with Gasteiger partial charge in [0.2, 0.25) is 18.2 Å². The molecule has 0 aliphatic carbocycles. The molecule has 2 rings (SSSR count). The molecule has 0 aliphatic heterocycles. The molecule has 0 bridgehead atoms. The summed E-state index contributed by atoms with van der Waals surface area (Å²) in [5, 5.41) is 9.33. The van der Waals surface area contributed by atoms with Crippen LogP contribution in [0.3, 0.4) is 0 Å². The van der Waals surface area contributed by atoms with Crippen molar-refractivity contribution in [2.24, 2.45) is 0 Å². The number of aliphatic carboxylic acids is 1. The summed E-state index contributed by atoms with van der Waals surface area (Å²) in [6.45, 7) is 10.5. The predicted octanol–water partition coefficient (Wildman–Crippen LogP) is 2.08. The molecule has 29 heavy (non-hydrogen) atoms. The minimum Gasteiger partial charge on any atom is -1.00 e. The Kier molecular flexibility index (Phi) is 8.38. The van der Waals surface area contributed by atoms with Gasteiger partial charge in [0.1, 0.15) is 6.16 Å². The standard InChI is InChI=1S/C22H25O5P.Na.H/c1-12-7-14(3)19(15(4)8-12)21(25)28(27,11-18(23)24)22(26)20-16(5)9-13(2)10-17(20)6;;/h7-10H,11H2,1-6H3,(H,23,24);;/q;+1;-1. The number of rotatable bonds is 6. The fourth-order valence-electron chi connectivity index (χ4n) is 3.82. The summed E-state index contributed by atoms with van der Waals surface area (Å²) in [5.74, 6) is -1.44. The van der Waals surface area contributed by atoms with E-state index in [0.29, 0.717) is 22.3 Å². The van der Waals surface area contributed by atoms with Crippen LogP contribution in [-0.4, -0.2) is 28.3 Å². The zero-order valence-electron chi connectivity index (χ0n) is 19.0. The van der Waals surface area contributed by atoms with E-state index >= 15 is 0 Å². The van der Waals surface area contributed by atoms with Gasteiger partial charge in [0.05, 0.1) is 0 Å². The quantitative estimate of drug-likeness (QED) is 0.567. The molecule has 1 N–H and O–H groups in total. The van der Waals surface area contributed by atoms with Crippen molar-refractivity contribution in [1.29, 1.82) is 0 Å². The van der Waals surface area contributed by atoms with Gasteiger partial charge in [0.25, 0.3) is 0 Å². The number of carboxylic acids is 1. The van der Waals surface area contributed by atoms with Gasteiger partial charge in [-0.15, -0.1) is 0 Å². The first-order valence-electron chi connectivity index (χ1n) is 8.94. The van der Waals surface area contributed by atoms with Crippen LogP contribution in [0.5, 0.6) is 0 Å². The van der Waals surface area contributed by atoms with E-state index in [1.165, 1.54) is 0 Å². The third kappa shape index (κ3) is 5.16. The Hall–Kier alpha value is -1.52. The topological polar surface area (TPSA) is 88.5 Å². The summed E-state index contributed by atoms with van der Waals surface area (Å²) < 4.78 is 13.7. The number of carbonyl (C=O) groups is 3. The van der Waals surface area contributed by atoms with Crippen molar-refractivity contribution in [3.05, 3.63) is 68.8 Å². The molecule has 0 radical (unpaired) electrons. The van der Waals surface area contributed by atoms with E-state index in [9.17, 15) is 24.1 Å². The monoisotopic (exact) mass is 424 g/mol. The van der Waals surface area contributed by atoms with Crippen LogP contribution < -0.4 is 29.6 Å². The van der Waals surface area contributed by atoms with Gasteiger partial charge in [-0.05, 0) is 63.8 Å².